The van der Waals surface area contributed by atoms with Crippen molar-refractivity contribution in [1.29, 1.82) is 0 Å². The molecule has 1 nitrogen and oxygen atoms in total. The van der Waals surface area contributed by atoms with Crippen molar-refractivity contribution in [2.75, 3.05) is 0 Å². The van der Waals surface area contributed by atoms with Crippen LogP contribution in [0.4, 0.5) is 0 Å². The summed E-state index contributed by atoms with van der Waals surface area (Å²) >= 11 is 0. The van der Waals surface area contributed by atoms with E-state index in [1.54, 1.807) is 6.42 Å². The molecule has 1 heteroatoms. The number of nitrogens with one attached hydrogen (secondary N) is 1. The summed E-state index contributed by atoms with van der Waals surface area (Å²) < 4.78 is 0. The second-order valence-electron chi connectivity index (χ2n) is 6.00. The highest BCUT2D eigenvalue weighted by molar-refractivity contribution is 5.13. The van der Waals surface area contributed by atoms with Crippen molar-refractivity contribution in [3.8, 4) is 0 Å². The Bertz CT molecular complexity index is 207. The highest BCUT2D eigenvalue weighted by Gasteiger charge is 2.57. The van der Waals surface area contributed by atoms with Crippen LogP contribution in [0.3, 0.4) is 0 Å². The molecule has 0 saturated heterocycles. The molecule has 0 aromatic rings. The van der Waals surface area contributed by atoms with Crippen molar-refractivity contribution < 1.29 is 0 Å². The van der Waals surface area contributed by atoms with Crippen molar-refractivity contribution in [2.24, 2.45) is 17.8 Å². The predicted octanol–water partition coefficient (Wildman–Crippen LogP) is 2.56. The van der Waals surface area contributed by atoms with Gasteiger partial charge in [-0.3, -0.25) is 0 Å². The van der Waals surface area contributed by atoms with E-state index >= 15 is 0 Å². The molecule has 4 aliphatic carbocycles. The molecule has 4 aliphatic rings. The van der Waals surface area contributed by atoms with Gasteiger partial charge in [0.1, 0.15) is 0 Å². The zero-order chi connectivity index (χ0) is 9.05. The SMILES string of the molecule is CC(C)NC12CC3CC(CC1C3)C2. The van der Waals surface area contributed by atoms with Crippen molar-refractivity contribution in [2.45, 2.75) is 57.5 Å². The van der Waals surface area contributed by atoms with Gasteiger partial charge in [-0.05, 0) is 49.9 Å². The first kappa shape index (κ1) is 8.28. The van der Waals surface area contributed by atoms with Crippen LogP contribution in [0.1, 0.15) is 46.0 Å². The van der Waals surface area contributed by atoms with E-state index in [2.05, 4.69) is 19.2 Å². The summed E-state index contributed by atoms with van der Waals surface area (Å²) in [7, 11) is 0. The van der Waals surface area contributed by atoms with E-state index in [1.807, 2.05) is 0 Å². The van der Waals surface area contributed by atoms with E-state index in [4.69, 9.17) is 0 Å². The van der Waals surface area contributed by atoms with Gasteiger partial charge >= 0.3 is 0 Å². The molecule has 2 atom stereocenters. The van der Waals surface area contributed by atoms with Crippen LogP contribution in [0.15, 0.2) is 0 Å². The molecule has 13 heavy (non-hydrogen) atoms. The predicted molar refractivity (Wildman–Crippen MR) is 54.6 cm³/mol. The van der Waals surface area contributed by atoms with Crippen LogP contribution in [0.5, 0.6) is 0 Å². The summed E-state index contributed by atoms with van der Waals surface area (Å²) in [6, 6.07) is 0.679. The molecule has 4 fully saturated rings. The molecule has 0 spiro atoms. The Morgan fingerprint density at radius 2 is 1.69 bits per heavy atom. The molecule has 4 saturated carbocycles. The minimum absolute atomic E-state index is 0.599. The molecule has 0 aromatic carbocycles. The first-order valence-electron chi connectivity index (χ1n) is 5.96. The number of hydrogen-bond donors (Lipinski definition) is 1. The molecule has 1 N–H and O–H groups in total. The van der Waals surface area contributed by atoms with Gasteiger partial charge in [0.15, 0.2) is 0 Å². The van der Waals surface area contributed by atoms with Gasteiger partial charge in [0.2, 0.25) is 0 Å². The largest absolute Gasteiger partial charge is 0.309 e. The lowest BCUT2D eigenvalue weighted by Gasteiger charge is -2.35. The van der Waals surface area contributed by atoms with Gasteiger partial charge in [-0.2, -0.15) is 0 Å². The standard InChI is InChI=1S/C12H21N/c1-8(2)13-12-6-9-3-10(7-12)5-11(12)4-9/h8-11,13H,3-7H2,1-2H3. The van der Waals surface area contributed by atoms with Gasteiger partial charge in [-0.1, -0.05) is 13.8 Å². The van der Waals surface area contributed by atoms with Crippen molar-refractivity contribution in [3.05, 3.63) is 0 Å². The average Bonchev–Trinajstić information content (AvgIpc) is 2.33. The minimum Gasteiger partial charge on any atom is -0.309 e. The van der Waals surface area contributed by atoms with E-state index in [-0.39, 0.29) is 0 Å². The molecule has 4 rings (SSSR count). The molecule has 2 unspecified atom stereocenters. The zero-order valence-corrected chi connectivity index (χ0v) is 8.84. The van der Waals surface area contributed by atoms with Crippen LogP contribution >= 0.6 is 0 Å². The fourth-order valence-corrected chi connectivity index (χ4v) is 4.61. The highest BCUT2D eigenvalue weighted by Crippen LogP contribution is 2.60. The average molecular weight is 179 g/mol. The van der Waals surface area contributed by atoms with Gasteiger partial charge in [0.05, 0.1) is 0 Å². The van der Waals surface area contributed by atoms with E-state index < -0.39 is 0 Å². The Balaban J connectivity index is 1.84. The van der Waals surface area contributed by atoms with Gasteiger partial charge < -0.3 is 5.32 Å². The Kier molecular flexibility index (Phi) is 1.59. The summed E-state index contributed by atoms with van der Waals surface area (Å²) in [5.41, 5.74) is 0.599. The molecule has 74 valence electrons. The third-order valence-electron chi connectivity index (χ3n) is 4.57. The number of rotatable bonds is 2. The Hall–Kier alpha value is -0.0400. The third-order valence-corrected chi connectivity index (χ3v) is 4.57. The Morgan fingerprint density at radius 3 is 2.23 bits per heavy atom. The smallest absolute Gasteiger partial charge is 0.0217 e. The van der Waals surface area contributed by atoms with Crippen molar-refractivity contribution in [3.63, 3.8) is 0 Å². The van der Waals surface area contributed by atoms with E-state index in [0.29, 0.717) is 11.6 Å². The summed E-state index contributed by atoms with van der Waals surface area (Å²) in [6.45, 7) is 4.60. The first-order valence-corrected chi connectivity index (χ1v) is 5.96. The van der Waals surface area contributed by atoms with Crippen LogP contribution in [-0.4, -0.2) is 11.6 Å². The quantitative estimate of drug-likeness (QED) is 0.687. The maximum atomic E-state index is 3.88. The molecule has 0 aromatic heterocycles. The number of hydrogen-bond acceptors (Lipinski definition) is 1. The highest BCUT2D eigenvalue weighted by atomic mass is 15.0. The van der Waals surface area contributed by atoms with Gasteiger partial charge in [-0.15, -0.1) is 0 Å². The van der Waals surface area contributed by atoms with E-state index in [0.717, 1.165) is 17.8 Å². The fraction of sp³-hybridized carbons (Fsp3) is 1.00. The molecular formula is C12H21N. The van der Waals surface area contributed by atoms with Crippen LogP contribution in [0, 0.1) is 17.8 Å². The zero-order valence-electron chi connectivity index (χ0n) is 8.84. The Morgan fingerprint density at radius 1 is 1.08 bits per heavy atom. The van der Waals surface area contributed by atoms with Crippen LogP contribution in [0.25, 0.3) is 0 Å². The molecule has 0 heterocycles. The topological polar surface area (TPSA) is 12.0 Å². The summed E-state index contributed by atoms with van der Waals surface area (Å²) in [4.78, 5) is 0. The van der Waals surface area contributed by atoms with Gasteiger partial charge in [0.25, 0.3) is 0 Å². The minimum atomic E-state index is 0.599. The molecule has 0 amide bonds. The lowest BCUT2D eigenvalue weighted by atomic mass is 9.80. The molecule has 0 radical (unpaired) electrons. The third kappa shape index (κ3) is 1.09. The molecule has 0 aliphatic heterocycles. The van der Waals surface area contributed by atoms with E-state index in [9.17, 15) is 0 Å². The molecule has 4 bridgehead atoms. The Labute approximate surface area is 81.3 Å². The first-order chi connectivity index (χ1) is 6.18. The summed E-state index contributed by atoms with van der Waals surface area (Å²) in [6.07, 6.45) is 7.61. The second-order valence-corrected chi connectivity index (χ2v) is 6.00. The molecular weight excluding hydrogens is 158 g/mol. The van der Waals surface area contributed by atoms with Gasteiger partial charge in [0, 0.05) is 11.6 Å². The van der Waals surface area contributed by atoms with Crippen LogP contribution in [0.2, 0.25) is 0 Å². The van der Waals surface area contributed by atoms with Crippen molar-refractivity contribution >= 4 is 0 Å². The fourth-order valence-electron chi connectivity index (χ4n) is 4.61. The second kappa shape index (κ2) is 2.50. The lowest BCUT2D eigenvalue weighted by Crippen LogP contribution is -2.49. The summed E-state index contributed by atoms with van der Waals surface area (Å²) in [5.74, 6) is 3.21. The van der Waals surface area contributed by atoms with Crippen LogP contribution < -0.4 is 5.32 Å². The normalized spacial score (nSPS) is 52.4. The van der Waals surface area contributed by atoms with Crippen molar-refractivity contribution in [1.82, 2.24) is 5.32 Å². The van der Waals surface area contributed by atoms with Gasteiger partial charge in [-0.25, -0.2) is 0 Å². The summed E-state index contributed by atoms with van der Waals surface area (Å²) in [5, 5.41) is 3.88. The van der Waals surface area contributed by atoms with E-state index in [1.165, 1.54) is 25.7 Å². The monoisotopic (exact) mass is 179 g/mol. The van der Waals surface area contributed by atoms with Crippen LogP contribution in [-0.2, 0) is 0 Å². The maximum absolute atomic E-state index is 3.88. The maximum Gasteiger partial charge on any atom is 0.0217 e. The lowest BCUT2D eigenvalue weighted by molar-refractivity contribution is 0.222.